The van der Waals surface area contributed by atoms with Gasteiger partial charge in [0.15, 0.2) is 5.11 Å². The number of amides is 2. The molecule has 0 heterocycles. The van der Waals surface area contributed by atoms with Gasteiger partial charge in [-0.2, -0.15) is 0 Å². The van der Waals surface area contributed by atoms with Crippen LogP contribution >= 0.6 is 12.2 Å². The molecule has 0 aromatic heterocycles. The fourth-order valence-electron chi connectivity index (χ4n) is 3.05. The molecule has 0 bridgehead atoms. The zero-order chi connectivity index (χ0) is 22.2. The number of nitrogens with one attached hydrogen (secondary N) is 2. The zero-order valence-electron chi connectivity index (χ0n) is 17.3. The highest BCUT2D eigenvalue weighted by Gasteiger charge is 2.19. The Kier molecular flexibility index (Phi) is 7.35. The highest BCUT2D eigenvalue weighted by atomic mass is 32.1. The molecule has 2 N–H and O–H groups in total. The van der Waals surface area contributed by atoms with Crippen molar-refractivity contribution in [3.63, 3.8) is 0 Å². The summed E-state index contributed by atoms with van der Waals surface area (Å²) < 4.78 is 5.10. The number of hydrogen-bond donors (Lipinski definition) is 2. The van der Waals surface area contributed by atoms with Gasteiger partial charge in [0.25, 0.3) is 11.8 Å². The minimum Gasteiger partial charge on any atom is -0.497 e. The molecule has 7 heteroatoms. The molecular formula is C24H23N3O3S. The van der Waals surface area contributed by atoms with E-state index in [1.807, 2.05) is 37.3 Å². The van der Waals surface area contributed by atoms with E-state index in [2.05, 4.69) is 10.6 Å². The fourth-order valence-corrected chi connectivity index (χ4v) is 3.25. The van der Waals surface area contributed by atoms with Gasteiger partial charge in [-0.1, -0.05) is 30.3 Å². The van der Waals surface area contributed by atoms with Crippen LogP contribution in [0.2, 0.25) is 0 Å². The Balaban J connectivity index is 1.74. The number of hydrogen-bond acceptors (Lipinski definition) is 4. The lowest BCUT2D eigenvalue weighted by molar-refractivity contribution is 0.0974. The summed E-state index contributed by atoms with van der Waals surface area (Å²) in [7, 11) is 1.56. The Morgan fingerprint density at radius 2 is 1.58 bits per heavy atom. The van der Waals surface area contributed by atoms with Crippen LogP contribution in [0, 0.1) is 0 Å². The lowest BCUT2D eigenvalue weighted by Crippen LogP contribution is -2.35. The molecule has 0 radical (unpaired) electrons. The molecule has 158 valence electrons. The van der Waals surface area contributed by atoms with Gasteiger partial charge in [0.2, 0.25) is 0 Å². The first-order valence-electron chi connectivity index (χ1n) is 9.75. The summed E-state index contributed by atoms with van der Waals surface area (Å²) in [4.78, 5) is 27.4. The van der Waals surface area contributed by atoms with Gasteiger partial charge in [0.05, 0.1) is 18.4 Å². The molecule has 0 unspecified atom stereocenters. The van der Waals surface area contributed by atoms with Crippen molar-refractivity contribution in [3.05, 3.63) is 90.0 Å². The second-order valence-corrected chi connectivity index (χ2v) is 6.98. The summed E-state index contributed by atoms with van der Waals surface area (Å²) >= 11 is 5.30. The van der Waals surface area contributed by atoms with Crippen molar-refractivity contribution in [2.75, 3.05) is 23.9 Å². The maximum Gasteiger partial charge on any atom is 0.260 e. The maximum atomic E-state index is 13.2. The zero-order valence-corrected chi connectivity index (χ0v) is 18.1. The van der Waals surface area contributed by atoms with Crippen LogP contribution in [0.25, 0.3) is 0 Å². The SMILES string of the molecule is CCN(C(=O)c1ccccc1NC(=S)NC(=O)c1ccc(OC)cc1)c1ccccc1. The third-order valence-corrected chi connectivity index (χ3v) is 4.82. The van der Waals surface area contributed by atoms with E-state index in [1.54, 1.807) is 60.5 Å². The molecule has 3 rings (SSSR count). The van der Waals surface area contributed by atoms with Crippen molar-refractivity contribution in [1.29, 1.82) is 0 Å². The number of benzene rings is 3. The Morgan fingerprint density at radius 3 is 2.23 bits per heavy atom. The van der Waals surface area contributed by atoms with E-state index in [-0.39, 0.29) is 16.9 Å². The molecule has 0 saturated heterocycles. The van der Waals surface area contributed by atoms with Gasteiger partial charge in [0.1, 0.15) is 5.75 Å². The summed E-state index contributed by atoms with van der Waals surface area (Å²) in [6, 6.07) is 23.2. The summed E-state index contributed by atoms with van der Waals surface area (Å²) in [6.07, 6.45) is 0. The molecule has 3 aromatic rings. The van der Waals surface area contributed by atoms with Gasteiger partial charge in [-0.25, -0.2) is 0 Å². The average Bonchev–Trinajstić information content (AvgIpc) is 2.80. The van der Waals surface area contributed by atoms with Crippen LogP contribution in [-0.4, -0.2) is 30.6 Å². The molecule has 0 aliphatic rings. The minimum atomic E-state index is -0.358. The normalized spacial score (nSPS) is 10.1. The molecule has 0 saturated carbocycles. The topological polar surface area (TPSA) is 70.7 Å². The standard InChI is InChI=1S/C24H23N3O3S/c1-3-27(18-9-5-4-6-10-18)23(29)20-11-7-8-12-21(20)25-24(31)26-22(28)17-13-15-19(30-2)16-14-17/h4-16H,3H2,1-2H3,(H2,25,26,28,31). The van der Waals surface area contributed by atoms with Crippen LogP contribution in [0.5, 0.6) is 5.75 Å². The van der Waals surface area contributed by atoms with Gasteiger partial charge < -0.3 is 15.0 Å². The molecule has 6 nitrogen and oxygen atoms in total. The molecule has 0 aliphatic heterocycles. The Labute approximate surface area is 186 Å². The van der Waals surface area contributed by atoms with Crippen molar-refractivity contribution in [2.24, 2.45) is 0 Å². The van der Waals surface area contributed by atoms with Gasteiger partial charge in [-0.05, 0) is 67.7 Å². The van der Waals surface area contributed by atoms with E-state index in [9.17, 15) is 9.59 Å². The number of rotatable bonds is 6. The summed E-state index contributed by atoms with van der Waals surface area (Å²) in [5, 5.41) is 5.71. The number of nitrogens with zero attached hydrogens (tertiary/aromatic N) is 1. The average molecular weight is 434 g/mol. The first-order valence-corrected chi connectivity index (χ1v) is 10.2. The van der Waals surface area contributed by atoms with Crippen LogP contribution in [-0.2, 0) is 0 Å². The number of thiocarbonyl (C=S) groups is 1. The van der Waals surface area contributed by atoms with Crippen LogP contribution in [0.4, 0.5) is 11.4 Å². The van der Waals surface area contributed by atoms with Crippen LogP contribution in [0.1, 0.15) is 27.6 Å². The highest BCUT2D eigenvalue weighted by molar-refractivity contribution is 7.80. The number of carbonyl (C=O) groups is 2. The third kappa shape index (κ3) is 5.46. The fraction of sp³-hybridized carbons (Fsp3) is 0.125. The van der Waals surface area contributed by atoms with Gasteiger partial charge >= 0.3 is 0 Å². The Hall–Kier alpha value is -3.71. The van der Waals surface area contributed by atoms with Crippen molar-refractivity contribution < 1.29 is 14.3 Å². The molecule has 3 aromatic carbocycles. The van der Waals surface area contributed by atoms with E-state index in [4.69, 9.17) is 17.0 Å². The predicted molar refractivity (Wildman–Crippen MR) is 127 cm³/mol. The summed E-state index contributed by atoms with van der Waals surface area (Å²) in [6.45, 7) is 2.43. The Bertz CT molecular complexity index is 1070. The van der Waals surface area contributed by atoms with E-state index in [1.165, 1.54) is 0 Å². The molecule has 0 aliphatic carbocycles. The second kappa shape index (κ2) is 10.4. The van der Waals surface area contributed by atoms with Gasteiger partial charge in [-0.3, -0.25) is 14.9 Å². The van der Waals surface area contributed by atoms with Gasteiger partial charge in [-0.15, -0.1) is 0 Å². The minimum absolute atomic E-state index is 0.101. The maximum absolute atomic E-state index is 13.2. The monoisotopic (exact) mass is 433 g/mol. The highest BCUT2D eigenvalue weighted by Crippen LogP contribution is 2.22. The van der Waals surface area contributed by atoms with Crippen molar-refractivity contribution in [3.8, 4) is 5.75 Å². The van der Waals surface area contributed by atoms with E-state index >= 15 is 0 Å². The largest absolute Gasteiger partial charge is 0.497 e. The first kappa shape index (κ1) is 22.0. The van der Waals surface area contributed by atoms with E-state index in [0.717, 1.165) is 5.69 Å². The molecule has 0 fully saturated rings. The number of carbonyl (C=O) groups excluding carboxylic acids is 2. The van der Waals surface area contributed by atoms with Crippen molar-refractivity contribution >= 4 is 40.5 Å². The van der Waals surface area contributed by atoms with Crippen molar-refractivity contribution in [1.82, 2.24) is 5.32 Å². The smallest absolute Gasteiger partial charge is 0.260 e. The first-order chi connectivity index (χ1) is 15.0. The number of anilines is 2. The summed E-state index contributed by atoms with van der Waals surface area (Å²) in [5.74, 6) is 0.132. The number of ether oxygens (including phenoxy) is 1. The Morgan fingerprint density at radius 1 is 0.935 bits per heavy atom. The van der Waals surface area contributed by atoms with Crippen molar-refractivity contribution in [2.45, 2.75) is 6.92 Å². The van der Waals surface area contributed by atoms with Crippen LogP contribution in [0.15, 0.2) is 78.9 Å². The second-order valence-electron chi connectivity index (χ2n) is 6.57. The van der Waals surface area contributed by atoms with Crippen LogP contribution < -0.4 is 20.3 Å². The van der Waals surface area contributed by atoms with E-state index in [0.29, 0.717) is 29.1 Å². The van der Waals surface area contributed by atoms with Crippen LogP contribution in [0.3, 0.4) is 0 Å². The molecule has 2 amide bonds. The van der Waals surface area contributed by atoms with E-state index < -0.39 is 0 Å². The molecular weight excluding hydrogens is 410 g/mol. The third-order valence-electron chi connectivity index (χ3n) is 4.61. The lowest BCUT2D eigenvalue weighted by atomic mass is 10.1. The predicted octanol–water partition coefficient (Wildman–Crippen LogP) is 4.49. The number of para-hydroxylation sites is 2. The molecule has 31 heavy (non-hydrogen) atoms. The molecule has 0 atom stereocenters. The van der Waals surface area contributed by atoms with Gasteiger partial charge in [0, 0.05) is 17.8 Å². The molecule has 0 spiro atoms. The number of methoxy groups -OCH3 is 1. The quantitative estimate of drug-likeness (QED) is 0.561. The summed E-state index contributed by atoms with van der Waals surface area (Å²) in [5.41, 5.74) is 2.21. The lowest BCUT2D eigenvalue weighted by Gasteiger charge is -2.23.